The second-order valence-corrected chi connectivity index (χ2v) is 6.00. The average Bonchev–Trinajstić information content (AvgIpc) is 3.02. The third-order valence-electron chi connectivity index (χ3n) is 4.06. The predicted molar refractivity (Wildman–Crippen MR) is 98.4 cm³/mol. The van der Waals surface area contributed by atoms with Gasteiger partial charge < -0.3 is 19.7 Å². The summed E-state index contributed by atoms with van der Waals surface area (Å²) in [5.41, 5.74) is 0.802. The molecule has 6 nitrogen and oxygen atoms in total. The average molecular weight is 354 g/mol. The van der Waals surface area contributed by atoms with Crippen molar-refractivity contribution in [3.8, 4) is 11.5 Å². The molecule has 0 radical (unpaired) electrons. The van der Waals surface area contributed by atoms with E-state index >= 15 is 0 Å². The van der Waals surface area contributed by atoms with Crippen molar-refractivity contribution in [2.75, 3.05) is 24.7 Å². The highest BCUT2D eigenvalue weighted by atomic mass is 16.5. The Bertz CT molecular complexity index is 746. The van der Waals surface area contributed by atoms with Gasteiger partial charge in [0, 0.05) is 18.7 Å². The van der Waals surface area contributed by atoms with Crippen LogP contribution in [-0.2, 0) is 9.59 Å². The third kappa shape index (κ3) is 4.53. The minimum atomic E-state index is -0.236. The van der Waals surface area contributed by atoms with Crippen LogP contribution in [0.1, 0.15) is 13.3 Å². The summed E-state index contributed by atoms with van der Waals surface area (Å²) in [7, 11) is 0. The number of carbonyl (C=O) groups excluding carboxylic acids is 2. The highest BCUT2D eigenvalue weighted by molar-refractivity contribution is 5.97. The van der Waals surface area contributed by atoms with Crippen molar-refractivity contribution < 1.29 is 19.1 Å². The molecule has 26 heavy (non-hydrogen) atoms. The summed E-state index contributed by atoms with van der Waals surface area (Å²) < 4.78 is 10.8. The molecule has 0 spiro atoms. The zero-order valence-electron chi connectivity index (χ0n) is 14.7. The van der Waals surface area contributed by atoms with E-state index in [2.05, 4.69) is 5.32 Å². The van der Waals surface area contributed by atoms with Crippen LogP contribution in [0.3, 0.4) is 0 Å². The Morgan fingerprint density at radius 1 is 1.08 bits per heavy atom. The highest BCUT2D eigenvalue weighted by Crippen LogP contribution is 2.24. The Morgan fingerprint density at radius 2 is 1.77 bits per heavy atom. The number of amides is 2. The van der Waals surface area contributed by atoms with Gasteiger partial charge in [0.25, 0.3) is 5.91 Å². The lowest BCUT2D eigenvalue weighted by atomic mass is 10.2. The number of hydrogen-bond acceptors (Lipinski definition) is 4. The lowest BCUT2D eigenvalue weighted by molar-refractivity contribution is -0.123. The first-order valence-electron chi connectivity index (χ1n) is 8.66. The minimum Gasteiger partial charge on any atom is -0.494 e. The number of ether oxygens (including phenoxy) is 2. The second-order valence-electron chi connectivity index (χ2n) is 6.00. The molecule has 2 amide bonds. The van der Waals surface area contributed by atoms with Gasteiger partial charge in [0.2, 0.25) is 5.91 Å². The standard InChI is InChI=1S/C20H22N2O4/c1-2-25-18-10-8-16(9-11-18)22-13-15(12-20(22)24)21-19(23)14-26-17-6-4-3-5-7-17/h3-11,15H,2,12-14H2,1H3,(H,21,23). The molecule has 1 aliphatic heterocycles. The third-order valence-corrected chi connectivity index (χ3v) is 4.06. The van der Waals surface area contributed by atoms with Gasteiger partial charge in [-0.05, 0) is 43.3 Å². The van der Waals surface area contributed by atoms with Crippen LogP contribution in [0.15, 0.2) is 54.6 Å². The van der Waals surface area contributed by atoms with Crippen molar-refractivity contribution in [2.45, 2.75) is 19.4 Å². The molecule has 3 rings (SSSR count). The monoisotopic (exact) mass is 354 g/mol. The molecule has 1 saturated heterocycles. The summed E-state index contributed by atoms with van der Waals surface area (Å²) in [6, 6.07) is 16.3. The molecule has 0 aromatic heterocycles. The van der Waals surface area contributed by atoms with E-state index < -0.39 is 0 Å². The molecule has 2 aromatic carbocycles. The molecular weight excluding hydrogens is 332 g/mol. The van der Waals surface area contributed by atoms with E-state index in [1.807, 2.05) is 49.4 Å². The molecule has 2 aromatic rings. The van der Waals surface area contributed by atoms with E-state index in [0.29, 0.717) is 18.9 Å². The van der Waals surface area contributed by atoms with E-state index in [4.69, 9.17) is 9.47 Å². The lowest BCUT2D eigenvalue weighted by Gasteiger charge is -2.18. The van der Waals surface area contributed by atoms with E-state index in [0.717, 1.165) is 11.4 Å². The largest absolute Gasteiger partial charge is 0.494 e. The van der Waals surface area contributed by atoms with Crippen LogP contribution in [0, 0.1) is 0 Å². The summed E-state index contributed by atoms with van der Waals surface area (Å²) >= 11 is 0. The van der Waals surface area contributed by atoms with Gasteiger partial charge in [-0.1, -0.05) is 18.2 Å². The molecule has 6 heteroatoms. The van der Waals surface area contributed by atoms with Gasteiger partial charge in [0.15, 0.2) is 6.61 Å². The van der Waals surface area contributed by atoms with E-state index in [9.17, 15) is 9.59 Å². The van der Waals surface area contributed by atoms with Crippen LogP contribution in [0.25, 0.3) is 0 Å². The van der Waals surface area contributed by atoms with Crippen LogP contribution in [-0.4, -0.2) is 37.6 Å². The van der Waals surface area contributed by atoms with Crippen LogP contribution in [0.4, 0.5) is 5.69 Å². The van der Waals surface area contributed by atoms with Crippen LogP contribution in [0.2, 0.25) is 0 Å². The van der Waals surface area contributed by atoms with Crippen molar-refractivity contribution in [2.24, 2.45) is 0 Å². The summed E-state index contributed by atoms with van der Waals surface area (Å²) in [6.45, 7) is 2.90. The Morgan fingerprint density at radius 3 is 2.46 bits per heavy atom. The second kappa shape index (κ2) is 8.38. The molecule has 0 bridgehead atoms. The van der Waals surface area contributed by atoms with Gasteiger partial charge in [0.1, 0.15) is 11.5 Å². The van der Waals surface area contributed by atoms with Crippen LogP contribution >= 0.6 is 0 Å². The van der Waals surface area contributed by atoms with Gasteiger partial charge in [-0.15, -0.1) is 0 Å². The number of carbonyl (C=O) groups is 2. The first-order valence-corrected chi connectivity index (χ1v) is 8.66. The molecule has 1 unspecified atom stereocenters. The fourth-order valence-corrected chi connectivity index (χ4v) is 2.88. The molecule has 1 atom stereocenters. The number of hydrogen-bond donors (Lipinski definition) is 1. The Labute approximate surface area is 152 Å². The predicted octanol–water partition coefficient (Wildman–Crippen LogP) is 2.39. The smallest absolute Gasteiger partial charge is 0.258 e. The fraction of sp³-hybridized carbons (Fsp3) is 0.300. The van der Waals surface area contributed by atoms with Crippen molar-refractivity contribution in [3.05, 3.63) is 54.6 Å². The number of benzene rings is 2. The van der Waals surface area contributed by atoms with Crippen LogP contribution in [0.5, 0.6) is 11.5 Å². The molecule has 1 heterocycles. The first kappa shape index (κ1) is 17.8. The minimum absolute atomic E-state index is 0.0107. The van der Waals surface area contributed by atoms with Gasteiger partial charge in [-0.25, -0.2) is 0 Å². The van der Waals surface area contributed by atoms with Gasteiger partial charge >= 0.3 is 0 Å². The summed E-state index contributed by atoms with van der Waals surface area (Å²) in [6.07, 6.45) is 0.282. The maximum absolute atomic E-state index is 12.3. The van der Waals surface area contributed by atoms with Crippen molar-refractivity contribution in [3.63, 3.8) is 0 Å². The first-order chi connectivity index (χ1) is 12.7. The highest BCUT2D eigenvalue weighted by Gasteiger charge is 2.31. The van der Waals surface area contributed by atoms with Crippen LogP contribution < -0.4 is 19.7 Å². The van der Waals surface area contributed by atoms with E-state index in [1.54, 1.807) is 17.0 Å². The maximum Gasteiger partial charge on any atom is 0.258 e. The lowest BCUT2D eigenvalue weighted by Crippen LogP contribution is -2.39. The molecule has 0 saturated carbocycles. The molecule has 1 aliphatic rings. The van der Waals surface area contributed by atoms with Gasteiger partial charge in [-0.3, -0.25) is 9.59 Å². The van der Waals surface area contributed by atoms with E-state index in [-0.39, 0.29) is 30.9 Å². The zero-order chi connectivity index (χ0) is 18.4. The van der Waals surface area contributed by atoms with E-state index in [1.165, 1.54) is 0 Å². The number of rotatable bonds is 7. The molecular formula is C20H22N2O4. The zero-order valence-corrected chi connectivity index (χ0v) is 14.7. The quantitative estimate of drug-likeness (QED) is 0.829. The number of anilines is 1. The summed E-state index contributed by atoms with van der Waals surface area (Å²) in [5.74, 6) is 1.16. The van der Waals surface area contributed by atoms with Crippen molar-refractivity contribution in [1.82, 2.24) is 5.32 Å². The molecule has 1 fully saturated rings. The Kier molecular flexibility index (Phi) is 5.73. The van der Waals surface area contributed by atoms with Gasteiger partial charge in [-0.2, -0.15) is 0 Å². The maximum atomic E-state index is 12.3. The van der Waals surface area contributed by atoms with Crippen molar-refractivity contribution in [1.29, 1.82) is 0 Å². The van der Waals surface area contributed by atoms with Gasteiger partial charge in [0.05, 0.1) is 12.6 Å². The fourth-order valence-electron chi connectivity index (χ4n) is 2.88. The normalized spacial score (nSPS) is 16.4. The SMILES string of the molecule is CCOc1ccc(N2CC(NC(=O)COc3ccccc3)CC2=O)cc1. The number of para-hydroxylation sites is 1. The Balaban J connectivity index is 1.51. The Hall–Kier alpha value is -3.02. The summed E-state index contributed by atoms with van der Waals surface area (Å²) in [4.78, 5) is 26.0. The molecule has 0 aliphatic carbocycles. The topological polar surface area (TPSA) is 67.9 Å². The number of nitrogens with one attached hydrogen (secondary N) is 1. The molecule has 1 N–H and O–H groups in total. The molecule has 136 valence electrons. The van der Waals surface area contributed by atoms with Crippen molar-refractivity contribution >= 4 is 17.5 Å². The number of nitrogens with zero attached hydrogens (tertiary/aromatic N) is 1. The summed E-state index contributed by atoms with van der Waals surface area (Å²) in [5, 5.41) is 2.86.